The standard InChI is InChI=1S/C22H36N4O2/c1-2-23-22(24-11-6-16-28-19-20-9-17-27-18-10-20)26-14-12-25(13-15-26)21-7-4-3-5-8-21/h3-5,7-8,20H,2,6,9-19H2,1H3,(H,23,24). The zero-order chi connectivity index (χ0) is 19.4. The van der Waals surface area contributed by atoms with E-state index in [4.69, 9.17) is 14.5 Å². The zero-order valence-corrected chi connectivity index (χ0v) is 17.3. The van der Waals surface area contributed by atoms with Gasteiger partial charge in [0, 0.05) is 71.4 Å². The Labute approximate surface area is 169 Å². The molecule has 0 aromatic heterocycles. The van der Waals surface area contributed by atoms with Crippen LogP contribution in [0.5, 0.6) is 0 Å². The Balaban J connectivity index is 1.36. The molecule has 156 valence electrons. The summed E-state index contributed by atoms with van der Waals surface area (Å²) < 4.78 is 11.3. The molecule has 6 heteroatoms. The summed E-state index contributed by atoms with van der Waals surface area (Å²) in [5.74, 6) is 1.72. The molecule has 0 amide bonds. The van der Waals surface area contributed by atoms with E-state index in [0.29, 0.717) is 5.92 Å². The van der Waals surface area contributed by atoms with Gasteiger partial charge in [-0.2, -0.15) is 0 Å². The van der Waals surface area contributed by atoms with E-state index < -0.39 is 0 Å². The number of aliphatic imine (C=N–C) groups is 1. The van der Waals surface area contributed by atoms with Gasteiger partial charge in [-0.25, -0.2) is 0 Å². The maximum Gasteiger partial charge on any atom is 0.194 e. The van der Waals surface area contributed by atoms with Gasteiger partial charge in [-0.1, -0.05) is 18.2 Å². The molecule has 1 aromatic rings. The van der Waals surface area contributed by atoms with Crippen molar-refractivity contribution in [3.8, 4) is 0 Å². The molecule has 2 fully saturated rings. The highest BCUT2D eigenvalue weighted by Crippen LogP contribution is 2.16. The summed E-state index contributed by atoms with van der Waals surface area (Å²) in [7, 11) is 0. The Morgan fingerprint density at radius 2 is 1.89 bits per heavy atom. The van der Waals surface area contributed by atoms with E-state index in [9.17, 15) is 0 Å². The van der Waals surface area contributed by atoms with Crippen LogP contribution in [-0.2, 0) is 9.47 Å². The lowest BCUT2D eigenvalue weighted by Crippen LogP contribution is -2.52. The summed E-state index contributed by atoms with van der Waals surface area (Å²) in [5.41, 5.74) is 1.31. The zero-order valence-electron chi connectivity index (χ0n) is 17.3. The first-order chi connectivity index (χ1) is 13.9. The van der Waals surface area contributed by atoms with Crippen LogP contribution in [0.1, 0.15) is 26.2 Å². The van der Waals surface area contributed by atoms with Crippen LogP contribution in [0.15, 0.2) is 35.3 Å². The molecule has 1 aromatic carbocycles. The monoisotopic (exact) mass is 388 g/mol. The predicted octanol–water partition coefficient (Wildman–Crippen LogP) is 2.61. The highest BCUT2D eigenvalue weighted by atomic mass is 16.5. The predicted molar refractivity (Wildman–Crippen MR) is 115 cm³/mol. The smallest absolute Gasteiger partial charge is 0.194 e. The van der Waals surface area contributed by atoms with Gasteiger partial charge < -0.3 is 24.6 Å². The fourth-order valence-electron chi connectivity index (χ4n) is 3.76. The van der Waals surface area contributed by atoms with Gasteiger partial charge in [0.05, 0.1) is 0 Å². The number of nitrogens with zero attached hydrogens (tertiary/aromatic N) is 3. The molecule has 0 radical (unpaired) electrons. The average molecular weight is 389 g/mol. The molecular formula is C22H36N4O2. The van der Waals surface area contributed by atoms with Gasteiger partial charge in [0.1, 0.15) is 0 Å². The van der Waals surface area contributed by atoms with Gasteiger partial charge >= 0.3 is 0 Å². The summed E-state index contributed by atoms with van der Waals surface area (Å²) in [6.07, 6.45) is 3.25. The van der Waals surface area contributed by atoms with Crippen LogP contribution >= 0.6 is 0 Å². The normalized spacial score (nSPS) is 19.1. The van der Waals surface area contributed by atoms with Crippen LogP contribution in [0, 0.1) is 5.92 Å². The summed E-state index contributed by atoms with van der Waals surface area (Å²) in [6, 6.07) is 10.7. The minimum absolute atomic E-state index is 0.676. The van der Waals surface area contributed by atoms with Gasteiger partial charge in [-0.15, -0.1) is 0 Å². The van der Waals surface area contributed by atoms with Gasteiger partial charge in [0.15, 0.2) is 5.96 Å². The third-order valence-electron chi connectivity index (χ3n) is 5.44. The molecular weight excluding hydrogens is 352 g/mol. The van der Waals surface area contributed by atoms with Crippen LogP contribution < -0.4 is 10.2 Å². The van der Waals surface area contributed by atoms with E-state index in [1.54, 1.807) is 0 Å². The minimum Gasteiger partial charge on any atom is -0.381 e. The van der Waals surface area contributed by atoms with Crippen LogP contribution in [-0.4, -0.2) is 76.6 Å². The maximum atomic E-state index is 5.86. The molecule has 0 aliphatic carbocycles. The summed E-state index contributed by atoms with van der Waals surface area (Å²) in [5, 5.41) is 3.45. The first-order valence-electron chi connectivity index (χ1n) is 10.9. The second-order valence-electron chi connectivity index (χ2n) is 7.53. The first kappa shape index (κ1) is 20.9. The lowest BCUT2D eigenvalue weighted by atomic mass is 10.0. The van der Waals surface area contributed by atoms with Crippen molar-refractivity contribution in [1.82, 2.24) is 10.2 Å². The number of piperazine rings is 1. The van der Waals surface area contributed by atoms with Crippen molar-refractivity contribution < 1.29 is 9.47 Å². The number of ether oxygens (including phenoxy) is 2. The molecule has 2 heterocycles. The lowest BCUT2D eigenvalue weighted by molar-refractivity contribution is 0.0205. The third-order valence-corrected chi connectivity index (χ3v) is 5.44. The highest BCUT2D eigenvalue weighted by Gasteiger charge is 2.19. The molecule has 2 aliphatic rings. The van der Waals surface area contributed by atoms with Gasteiger partial charge in [-0.05, 0) is 44.2 Å². The molecule has 6 nitrogen and oxygen atoms in total. The van der Waals surface area contributed by atoms with Gasteiger partial charge in [-0.3, -0.25) is 4.99 Å². The Kier molecular flexibility index (Phi) is 8.91. The number of hydrogen-bond donors (Lipinski definition) is 1. The number of rotatable bonds is 8. The molecule has 2 saturated heterocycles. The molecule has 0 atom stereocenters. The van der Waals surface area contributed by atoms with E-state index in [-0.39, 0.29) is 0 Å². The van der Waals surface area contributed by atoms with Gasteiger partial charge in [0.25, 0.3) is 0 Å². The van der Waals surface area contributed by atoms with Crippen molar-refractivity contribution in [2.45, 2.75) is 26.2 Å². The second kappa shape index (κ2) is 11.9. The Hall–Kier alpha value is -1.79. The molecule has 0 saturated carbocycles. The van der Waals surface area contributed by atoms with E-state index in [1.807, 2.05) is 0 Å². The van der Waals surface area contributed by atoms with Crippen LogP contribution in [0.25, 0.3) is 0 Å². The Morgan fingerprint density at radius 3 is 2.61 bits per heavy atom. The quantitative estimate of drug-likeness (QED) is 0.421. The van der Waals surface area contributed by atoms with E-state index in [1.165, 1.54) is 5.69 Å². The molecule has 2 aliphatic heterocycles. The van der Waals surface area contributed by atoms with Crippen molar-refractivity contribution in [1.29, 1.82) is 0 Å². The number of benzene rings is 1. The maximum absolute atomic E-state index is 5.86. The summed E-state index contributed by atoms with van der Waals surface area (Å²) in [4.78, 5) is 9.66. The minimum atomic E-state index is 0.676. The lowest BCUT2D eigenvalue weighted by Gasteiger charge is -2.37. The topological polar surface area (TPSA) is 49.3 Å². The number of nitrogens with one attached hydrogen (secondary N) is 1. The molecule has 28 heavy (non-hydrogen) atoms. The van der Waals surface area contributed by atoms with Crippen molar-refractivity contribution in [2.24, 2.45) is 10.9 Å². The number of para-hydroxylation sites is 1. The molecule has 0 unspecified atom stereocenters. The molecule has 0 bridgehead atoms. The van der Waals surface area contributed by atoms with Crippen molar-refractivity contribution in [3.05, 3.63) is 30.3 Å². The Bertz CT molecular complexity index is 567. The fourth-order valence-corrected chi connectivity index (χ4v) is 3.76. The molecule has 0 spiro atoms. The highest BCUT2D eigenvalue weighted by molar-refractivity contribution is 5.80. The second-order valence-corrected chi connectivity index (χ2v) is 7.53. The summed E-state index contributed by atoms with van der Waals surface area (Å²) >= 11 is 0. The largest absolute Gasteiger partial charge is 0.381 e. The fraction of sp³-hybridized carbons (Fsp3) is 0.682. The van der Waals surface area contributed by atoms with Crippen molar-refractivity contribution in [2.75, 3.05) is 70.6 Å². The SMILES string of the molecule is CCNC(=NCCCOCC1CCOCC1)N1CCN(c2ccccc2)CC1. The van der Waals surface area contributed by atoms with E-state index >= 15 is 0 Å². The van der Waals surface area contributed by atoms with E-state index in [0.717, 1.165) is 90.9 Å². The average Bonchev–Trinajstić information content (AvgIpc) is 2.77. The van der Waals surface area contributed by atoms with Crippen molar-refractivity contribution in [3.63, 3.8) is 0 Å². The van der Waals surface area contributed by atoms with Crippen molar-refractivity contribution >= 4 is 11.6 Å². The number of guanidine groups is 1. The number of anilines is 1. The van der Waals surface area contributed by atoms with Crippen LogP contribution in [0.4, 0.5) is 5.69 Å². The molecule has 3 rings (SSSR count). The first-order valence-corrected chi connectivity index (χ1v) is 10.9. The van der Waals surface area contributed by atoms with Crippen LogP contribution in [0.2, 0.25) is 0 Å². The molecule has 1 N–H and O–H groups in total. The summed E-state index contributed by atoms with van der Waals surface area (Å²) in [6.45, 7) is 11.4. The van der Waals surface area contributed by atoms with E-state index in [2.05, 4.69) is 52.4 Å². The Morgan fingerprint density at radius 1 is 1.14 bits per heavy atom. The number of hydrogen-bond acceptors (Lipinski definition) is 4. The third kappa shape index (κ3) is 6.67. The van der Waals surface area contributed by atoms with Crippen LogP contribution in [0.3, 0.4) is 0 Å². The van der Waals surface area contributed by atoms with Gasteiger partial charge in [0.2, 0.25) is 0 Å².